The van der Waals surface area contributed by atoms with Crippen LogP contribution < -0.4 is 5.32 Å². The predicted molar refractivity (Wildman–Crippen MR) is 84.1 cm³/mol. The van der Waals surface area contributed by atoms with E-state index in [4.69, 9.17) is 11.6 Å². The first-order valence-electron chi connectivity index (χ1n) is 7.89. The standard InChI is InChI=1S/C15H27ClN4/c1-3-5-6-14-18-13(15(16)19-14)10-17-9-12-7-8-20(4-2)11-12/h12,17H,3-11H2,1-2H3,(H,18,19). The summed E-state index contributed by atoms with van der Waals surface area (Å²) in [4.78, 5) is 10.2. The number of aromatic amines is 1. The number of hydrogen-bond donors (Lipinski definition) is 2. The van der Waals surface area contributed by atoms with Crippen molar-refractivity contribution in [3.63, 3.8) is 0 Å². The number of nitrogens with one attached hydrogen (secondary N) is 2. The number of unbranched alkanes of at least 4 members (excludes halogenated alkanes) is 1. The molecule has 114 valence electrons. The molecule has 0 spiro atoms. The van der Waals surface area contributed by atoms with E-state index in [9.17, 15) is 0 Å². The molecule has 1 aromatic rings. The number of nitrogens with zero attached hydrogens (tertiary/aromatic N) is 2. The maximum Gasteiger partial charge on any atom is 0.151 e. The molecule has 1 unspecified atom stereocenters. The van der Waals surface area contributed by atoms with E-state index in [1.165, 1.54) is 32.5 Å². The number of aryl methyl sites for hydroxylation is 1. The van der Waals surface area contributed by atoms with Crippen molar-refractivity contribution in [3.8, 4) is 0 Å². The van der Waals surface area contributed by atoms with Gasteiger partial charge < -0.3 is 15.2 Å². The van der Waals surface area contributed by atoms with Gasteiger partial charge in [0.2, 0.25) is 0 Å². The summed E-state index contributed by atoms with van der Waals surface area (Å²) in [5, 5.41) is 4.15. The van der Waals surface area contributed by atoms with E-state index >= 15 is 0 Å². The summed E-state index contributed by atoms with van der Waals surface area (Å²) in [5.41, 5.74) is 1.03. The van der Waals surface area contributed by atoms with Crippen molar-refractivity contribution in [2.45, 2.75) is 46.1 Å². The van der Waals surface area contributed by atoms with Crippen molar-refractivity contribution in [2.24, 2.45) is 5.92 Å². The fourth-order valence-corrected chi connectivity index (χ4v) is 3.00. The lowest BCUT2D eigenvalue weighted by Gasteiger charge is -2.13. The fraction of sp³-hybridized carbons (Fsp3) is 0.800. The SMILES string of the molecule is CCCCc1nc(Cl)c(CNCC2CCN(CC)C2)[nH]1. The number of halogens is 1. The Bertz CT molecular complexity index is 405. The quantitative estimate of drug-likeness (QED) is 0.776. The van der Waals surface area contributed by atoms with Gasteiger partial charge in [0.05, 0.1) is 5.69 Å². The molecule has 1 atom stereocenters. The zero-order valence-electron chi connectivity index (χ0n) is 12.7. The van der Waals surface area contributed by atoms with Crippen LogP contribution in [0.15, 0.2) is 0 Å². The molecule has 1 saturated heterocycles. The minimum absolute atomic E-state index is 0.630. The Morgan fingerprint density at radius 1 is 1.45 bits per heavy atom. The van der Waals surface area contributed by atoms with Gasteiger partial charge in [-0.2, -0.15) is 0 Å². The minimum atomic E-state index is 0.630. The number of aromatic nitrogens is 2. The van der Waals surface area contributed by atoms with Crippen molar-refractivity contribution >= 4 is 11.6 Å². The minimum Gasteiger partial charge on any atom is -0.344 e. The average molecular weight is 299 g/mol. The zero-order chi connectivity index (χ0) is 14.4. The molecule has 1 aliphatic rings. The molecule has 0 amide bonds. The molecular formula is C15H27ClN4. The predicted octanol–water partition coefficient (Wildman–Crippen LogP) is 2.84. The van der Waals surface area contributed by atoms with Crippen molar-refractivity contribution in [1.29, 1.82) is 0 Å². The van der Waals surface area contributed by atoms with Gasteiger partial charge in [-0.3, -0.25) is 0 Å². The van der Waals surface area contributed by atoms with Crippen LogP contribution in [0, 0.1) is 5.92 Å². The van der Waals surface area contributed by atoms with Crippen LogP contribution in [-0.4, -0.2) is 41.0 Å². The summed E-state index contributed by atoms with van der Waals surface area (Å²) in [5.74, 6) is 1.79. The maximum atomic E-state index is 6.17. The molecule has 20 heavy (non-hydrogen) atoms. The number of likely N-dealkylation sites (tertiary alicyclic amines) is 1. The Balaban J connectivity index is 1.72. The smallest absolute Gasteiger partial charge is 0.151 e. The van der Waals surface area contributed by atoms with Crippen molar-refractivity contribution in [1.82, 2.24) is 20.2 Å². The Morgan fingerprint density at radius 3 is 3.00 bits per heavy atom. The van der Waals surface area contributed by atoms with Crippen LogP contribution in [0.25, 0.3) is 0 Å². The van der Waals surface area contributed by atoms with Crippen LogP contribution in [0.5, 0.6) is 0 Å². The van der Waals surface area contributed by atoms with Gasteiger partial charge in [0.15, 0.2) is 5.15 Å². The van der Waals surface area contributed by atoms with E-state index in [0.717, 1.165) is 43.4 Å². The molecule has 1 aromatic heterocycles. The summed E-state index contributed by atoms with van der Waals surface area (Å²) in [7, 11) is 0. The molecule has 1 aliphatic heterocycles. The van der Waals surface area contributed by atoms with Crippen LogP contribution >= 0.6 is 11.6 Å². The summed E-state index contributed by atoms with van der Waals surface area (Å²) in [6, 6.07) is 0. The third kappa shape index (κ3) is 4.47. The highest BCUT2D eigenvalue weighted by molar-refractivity contribution is 6.30. The maximum absolute atomic E-state index is 6.17. The van der Waals surface area contributed by atoms with Gasteiger partial charge in [-0.1, -0.05) is 31.9 Å². The molecule has 0 bridgehead atoms. The summed E-state index contributed by atoms with van der Waals surface area (Å²) in [6.07, 6.45) is 4.64. The molecule has 1 fully saturated rings. The first-order chi connectivity index (χ1) is 9.72. The molecule has 2 N–H and O–H groups in total. The van der Waals surface area contributed by atoms with E-state index in [1.807, 2.05) is 0 Å². The molecule has 0 aromatic carbocycles. The fourth-order valence-electron chi connectivity index (χ4n) is 2.79. The number of rotatable bonds is 8. The summed E-state index contributed by atoms with van der Waals surface area (Å²) < 4.78 is 0. The second-order valence-electron chi connectivity index (χ2n) is 5.74. The monoisotopic (exact) mass is 298 g/mol. The molecule has 2 heterocycles. The highest BCUT2D eigenvalue weighted by Crippen LogP contribution is 2.16. The van der Waals surface area contributed by atoms with Crippen molar-refractivity contribution < 1.29 is 0 Å². The first kappa shape index (κ1) is 15.8. The molecule has 4 nitrogen and oxygen atoms in total. The molecule has 0 aliphatic carbocycles. The van der Waals surface area contributed by atoms with Gasteiger partial charge in [0.25, 0.3) is 0 Å². The van der Waals surface area contributed by atoms with Crippen LogP contribution in [0.3, 0.4) is 0 Å². The van der Waals surface area contributed by atoms with E-state index in [2.05, 4.69) is 34.0 Å². The van der Waals surface area contributed by atoms with Crippen LogP contribution in [-0.2, 0) is 13.0 Å². The highest BCUT2D eigenvalue weighted by Gasteiger charge is 2.20. The van der Waals surface area contributed by atoms with Gasteiger partial charge in [-0.25, -0.2) is 4.98 Å². The van der Waals surface area contributed by atoms with Crippen LogP contribution in [0.2, 0.25) is 5.15 Å². The van der Waals surface area contributed by atoms with E-state index in [-0.39, 0.29) is 0 Å². The number of H-pyrrole nitrogens is 1. The third-order valence-electron chi connectivity index (χ3n) is 4.10. The average Bonchev–Trinajstić information content (AvgIpc) is 3.04. The van der Waals surface area contributed by atoms with Gasteiger partial charge in [0, 0.05) is 19.5 Å². The van der Waals surface area contributed by atoms with Crippen LogP contribution in [0.1, 0.15) is 44.6 Å². The van der Waals surface area contributed by atoms with E-state index < -0.39 is 0 Å². The van der Waals surface area contributed by atoms with Gasteiger partial charge in [-0.15, -0.1) is 0 Å². The lowest BCUT2D eigenvalue weighted by molar-refractivity contribution is 0.338. The van der Waals surface area contributed by atoms with Gasteiger partial charge in [-0.05, 0) is 38.4 Å². The number of hydrogen-bond acceptors (Lipinski definition) is 3. The summed E-state index contributed by atoms with van der Waals surface area (Å²) >= 11 is 6.17. The molecule has 0 radical (unpaired) electrons. The molecule has 5 heteroatoms. The van der Waals surface area contributed by atoms with Crippen molar-refractivity contribution in [2.75, 3.05) is 26.2 Å². The number of imidazole rings is 1. The Kier molecular flexibility index (Phi) is 6.33. The Labute approximate surface area is 127 Å². The van der Waals surface area contributed by atoms with Gasteiger partial charge in [0.1, 0.15) is 5.82 Å². The van der Waals surface area contributed by atoms with E-state index in [1.54, 1.807) is 0 Å². The van der Waals surface area contributed by atoms with Gasteiger partial charge >= 0.3 is 0 Å². The third-order valence-corrected chi connectivity index (χ3v) is 4.41. The Morgan fingerprint density at radius 2 is 2.30 bits per heavy atom. The second kappa shape index (κ2) is 8.01. The lowest BCUT2D eigenvalue weighted by atomic mass is 10.1. The lowest BCUT2D eigenvalue weighted by Crippen LogP contribution is -2.26. The topological polar surface area (TPSA) is 44.0 Å². The molecule has 0 saturated carbocycles. The molecular weight excluding hydrogens is 272 g/mol. The first-order valence-corrected chi connectivity index (χ1v) is 8.27. The van der Waals surface area contributed by atoms with Crippen LogP contribution in [0.4, 0.5) is 0 Å². The normalized spacial score (nSPS) is 19.9. The van der Waals surface area contributed by atoms with E-state index in [0.29, 0.717) is 5.15 Å². The molecule has 2 rings (SSSR count). The summed E-state index contributed by atoms with van der Waals surface area (Å²) in [6.45, 7) is 9.92. The Hall–Kier alpha value is -0.580. The zero-order valence-corrected chi connectivity index (χ0v) is 13.5. The van der Waals surface area contributed by atoms with Crippen molar-refractivity contribution in [3.05, 3.63) is 16.7 Å². The highest BCUT2D eigenvalue weighted by atomic mass is 35.5. The largest absolute Gasteiger partial charge is 0.344 e. The second-order valence-corrected chi connectivity index (χ2v) is 6.09.